The highest BCUT2D eigenvalue weighted by molar-refractivity contribution is 5.79. The van der Waals surface area contributed by atoms with E-state index in [1.807, 2.05) is 6.92 Å². The Morgan fingerprint density at radius 3 is 2.90 bits per heavy atom. The van der Waals surface area contributed by atoms with Crippen molar-refractivity contribution < 1.29 is 19.1 Å². The highest BCUT2D eigenvalue weighted by Gasteiger charge is 2.45. The first-order valence-corrected chi connectivity index (χ1v) is 7.14. The van der Waals surface area contributed by atoms with Crippen molar-refractivity contribution in [2.24, 2.45) is 5.41 Å². The Labute approximate surface area is 123 Å². The topological polar surface area (TPSA) is 95.7 Å². The van der Waals surface area contributed by atoms with Gasteiger partial charge in [0.25, 0.3) is 0 Å². The largest absolute Gasteiger partial charge is 0.481 e. The number of aromatic nitrogens is 1. The lowest BCUT2D eigenvalue weighted by molar-refractivity contribution is -0.148. The summed E-state index contributed by atoms with van der Waals surface area (Å²) in [6.45, 7) is 4.66. The van der Waals surface area contributed by atoms with Crippen molar-refractivity contribution in [1.82, 2.24) is 15.2 Å². The standard InChI is InChI=1S/C14H21N3O4/c1-3-4-14(12(18)19)5-6-17(9-14)13(20)16-8-11-15-7-10(2)21-11/h7H,3-6,8-9H2,1-2H3,(H,16,20)(H,18,19). The maximum Gasteiger partial charge on any atom is 0.317 e. The van der Waals surface area contributed by atoms with Crippen LogP contribution < -0.4 is 5.32 Å². The number of aliphatic carboxylic acids is 1. The molecule has 1 aromatic rings. The van der Waals surface area contributed by atoms with E-state index < -0.39 is 11.4 Å². The zero-order valence-electron chi connectivity index (χ0n) is 12.4. The Bertz CT molecular complexity index is 528. The first-order chi connectivity index (χ1) is 9.97. The van der Waals surface area contributed by atoms with Crippen LogP contribution >= 0.6 is 0 Å². The van der Waals surface area contributed by atoms with Gasteiger partial charge in [0, 0.05) is 13.1 Å². The molecule has 0 saturated carbocycles. The van der Waals surface area contributed by atoms with Gasteiger partial charge in [-0.3, -0.25) is 4.79 Å². The molecular formula is C14H21N3O4. The van der Waals surface area contributed by atoms with Crippen molar-refractivity contribution >= 4 is 12.0 Å². The third-order valence-corrected chi connectivity index (χ3v) is 3.88. The van der Waals surface area contributed by atoms with E-state index in [9.17, 15) is 14.7 Å². The number of carboxylic acids is 1. The molecule has 116 valence electrons. The van der Waals surface area contributed by atoms with E-state index >= 15 is 0 Å². The van der Waals surface area contributed by atoms with Crippen LogP contribution in [0.1, 0.15) is 37.8 Å². The fraction of sp³-hybridized carbons (Fsp3) is 0.643. The van der Waals surface area contributed by atoms with Crippen molar-refractivity contribution in [3.8, 4) is 0 Å². The lowest BCUT2D eigenvalue weighted by atomic mass is 9.83. The molecule has 0 aromatic carbocycles. The third-order valence-electron chi connectivity index (χ3n) is 3.88. The smallest absolute Gasteiger partial charge is 0.317 e. The van der Waals surface area contributed by atoms with Gasteiger partial charge in [-0.1, -0.05) is 13.3 Å². The Morgan fingerprint density at radius 1 is 1.57 bits per heavy atom. The number of urea groups is 1. The van der Waals surface area contributed by atoms with Gasteiger partial charge in [0.2, 0.25) is 5.89 Å². The summed E-state index contributed by atoms with van der Waals surface area (Å²) in [5.74, 6) is 0.314. The minimum atomic E-state index is -0.817. The molecule has 7 nitrogen and oxygen atoms in total. The van der Waals surface area contributed by atoms with Crippen LogP contribution in [0.3, 0.4) is 0 Å². The summed E-state index contributed by atoms with van der Waals surface area (Å²) in [7, 11) is 0. The van der Waals surface area contributed by atoms with Crippen LogP contribution in [-0.4, -0.2) is 40.1 Å². The zero-order chi connectivity index (χ0) is 15.5. The Hall–Kier alpha value is -2.05. The van der Waals surface area contributed by atoms with Crippen LogP contribution in [-0.2, 0) is 11.3 Å². The monoisotopic (exact) mass is 295 g/mol. The van der Waals surface area contributed by atoms with Crippen molar-refractivity contribution in [2.45, 2.75) is 39.7 Å². The van der Waals surface area contributed by atoms with E-state index in [0.29, 0.717) is 31.0 Å². The van der Waals surface area contributed by atoms with Crippen molar-refractivity contribution in [3.05, 3.63) is 17.8 Å². The quantitative estimate of drug-likeness (QED) is 0.863. The number of oxazole rings is 1. The summed E-state index contributed by atoms with van der Waals surface area (Å²) >= 11 is 0. The van der Waals surface area contributed by atoms with E-state index in [4.69, 9.17) is 4.42 Å². The Morgan fingerprint density at radius 2 is 2.33 bits per heavy atom. The molecule has 2 N–H and O–H groups in total. The average Bonchev–Trinajstić information content (AvgIpc) is 3.04. The lowest BCUT2D eigenvalue weighted by Gasteiger charge is -2.24. The molecule has 1 saturated heterocycles. The minimum Gasteiger partial charge on any atom is -0.481 e. The van der Waals surface area contributed by atoms with E-state index in [2.05, 4.69) is 10.3 Å². The molecule has 21 heavy (non-hydrogen) atoms. The predicted molar refractivity (Wildman–Crippen MR) is 74.6 cm³/mol. The first-order valence-electron chi connectivity index (χ1n) is 7.14. The summed E-state index contributed by atoms with van der Waals surface area (Å²) in [6, 6.07) is -0.273. The molecule has 1 aliphatic rings. The third kappa shape index (κ3) is 3.34. The normalized spacial score (nSPS) is 21.5. The molecular weight excluding hydrogens is 274 g/mol. The second-order valence-corrected chi connectivity index (χ2v) is 5.53. The molecule has 0 spiro atoms. The minimum absolute atomic E-state index is 0.205. The number of hydrogen-bond donors (Lipinski definition) is 2. The molecule has 1 fully saturated rings. The number of carbonyl (C=O) groups excluding carboxylic acids is 1. The summed E-state index contributed by atoms with van der Waals surface area (Å²) in [6.07, 6.45) is 3.47. The zero-order valence-corrected chi connectivity index (χ0v) is 12.4. The van der Waals surface area contributed by atoms with Crippen LogP contribution in [0.4, 0.5) is 4.79 Å². The van der Waals surface area contributed by atoms with Gasteiger partial charge in [-0.25, -0.2) is 9.78 Å². The summed E-state index contributed by atoms with van der Waals surface area (Å²) < 4.78 is 5.28. The molecule has 2 rings (SSSR count). The number of nitrogens with one attached hydrogen (secondary N) is 1. The lowest BCUT2D eigenvalue weighted by Crippen LogP contribution is -2.41. The van der Waals surface area contributed by atoms with Crippen LogP contribution in [0.15, 0.2) is 10.6 Å². The number of carboxylic acid groups (broad SMARTS) is 1. The highest BCUT2D eigenvalue weighted by atomic mass is 16.4. The van der Waals surface area contributed by atoms with Crippen LogP contribution in [0.5, 0.6) is 0 Å². The molecule has 7 heteroatoms. The second kappa shape index (κ2) is 6.15. The molecule has 0 aliphatic carbocycles. The molecule has 0 bridgehead atoms. The van der Waals surface area contributed by atoms with Gasteiger partial charge in [-0.05, 0) is 19.8 Å². The van der Waals surface area contributed by atoms with Crippen LogP contribution in [0.25, 0.3) is 0 Å². The van der Waals surface area contributed by atoms with E-state index in [1.54, 1.807) is 18.0 Å². The van der Waals surface area contributed by atoms with Crippen molar-refractivity contribution in [3.63, 3.8) is 0 Å². The highest BCUT2D eigenvalue weighted by Crippen LogP contribution is 2.35. The Kier molecular flexibility index (Phi) is 4.50. The maximum atomic E-state index is 12.1. The predicted octanol–water partition coefficient (Wildman–Crippen LogP) is 1.77. The van der Waals surface area contributed by atoms with Gasteiger partial charge in [0.05, 0.1) is 18.2 Å². The molecule has 2 amide bonds. The maximum absolute atomic E-state index is 12.1. The van der Waals surface area contributed by atoms with E-state index in [1.165, 1.54) is 0 Å². The molecule has 1 aliphatic heterocycles. The first kappa shape index (κ1) is 15.3. The van der Waals surface area contributed by atoms with Crippen molar-refractivity contribution in [1.29, 1.82) is 0 Å². The van der Waals surface area contributed by atoms with Gasteiger partial charge in [-0.2, -0.15) is 0 Å². The van der Waals surface area contributed by atoms with E-state index in [-0.39, 0.29) is 19.1 Å². The van der Waals surface area contributed by atoms with Gasteiger partial charge in [0.15, 0.2) is 0 Å². The second-order valence-electron chi connectivity index (χ2n) is 5.53. The number of likely N-dealkylation sites (tertiary alicyclic amines) is 1. The number of aryl methyl sites for hydroxylation is 1. The number of rotatable bonds is 5. The number of nitrogens with zero attached hydrogens (tertiary/aromatic N) is 2. The fourth-order valence-electron chi connectivity index (χ4n) is 2.76. The summed E-state index contributed by atoms with van der Waals surface area (Å²) in [5, 5.41) is 12.1. The Balaban J connectivity index is 1.91. The van der Waals surface area contributed by atoms with Crippen LogP contribution in [0.2, 0.25) is 0 Å². The average molecular weight is 295 g/mol. The fourth-order valence-corrected chi connectivity index (χ4v) is 2.76. The van der Waals surface area contributed by atoms with Gasteiger partial charge < -0.3 is 19.7 Å². The number of hydrogen-bond acceptors (Lipinski definition) is 4. The number of carbonyl (C=O) groups is 2. The van der Waals surface area contributed by atoms with Gasteiger partial charge >= 0.3 is 12.0 Å². The van der Waals surface area contributed by atoms with Gasteiger partial charge in [0.1, 0.15) is 5.76 Å². The van der Waals surface area contributed by atoms with Crippen molar-refractivity contribution in [2.75, 3.05) is 13.1 Å². The molecule has 1 atom stereocenters. The van der Waals surface area contributed by atoms with Gasteiger partial charge in [-0.15, -0.1) is 0 Å². The molecule has 0 radical (unpaired) electrons. The molecule has 1 unspecified atom stereocenters. The molecule has 2 heterocycles. The van der Waals surface area contributed by atoms with E-state index in [0.717, 1.165) is 6.42 Å². The van der Waals surface area contributed by atoms with Crippen LogP contribution in [0, 0.1) is 12.3 Å². The molecule has 1 aromatic heterocycles. The summed E-state index contributed by atoms with van der Waals surface area (Å²) in [5.41, 5.74) is -0.800. The number of amides is 2. The SMILES string of the molecule is CCCC1(C(=O)O)CCN(C(=O)NCc2ncc(C)o2)C1. The summed E-state index contributed by atoms with van der Waals surface area (Å²) in [4.78, 5) is 29.1.